The Bertz CT molecular complexity index is 3170. The Hall–Kier alpha value is -6.92. The number of nitrogens with zero attached hydrogens (tertiary/aromatic N) is 3. The van der Waals surface area contributed by atoms with Gasteiger partial charge in [0.05, 0.1) is 16.7 Å². The summed E-state index contributed by atoms with van der Waals surface area (Å²) in [4.78, 5) is 10.1. The van der Waals surface area contributed by atoms with Gasteiger partial charge in [0.2, 0.25) is 0 Å². The first-order valence-corrected chi connectivity index (χ1v) is 22.1. The molecule has 0 bridgehead atoms. The number of hydrogen-bond donors (Lipinski definition) is 0. The van der Waals surface area contributed by atoms with Crippen molar-refractivity contribution < 1.29 is 0 Å². The summed E-state index contributed by atoms with van der Waals surface area (Å²) in [5.74, 6) is 0.699. The molecule has 11 aromatic rings. The zero-order valence-electron chi connectivity index (χ0n) is 31.0. The molecule has 3 aromatic heterocycles. The van der Waals surface area contributed by atoms with E-state index in [1.165, 1.54) is 62.7 Å². The Balaban J connectivity index is 1.09. The zero-order valence-corrected chi connectivity index (χ0v) is 32.8. The molecule has 0 radical (unpaired) electrons. The first kappa shape index (κ1) is 33.4. The average molecular weight is 762 g/mol. The van der Waals surface area contributed by atoms with Crippen LogP contribution in [0.5, 0.6) is 0 Å². The fraction of sp³-hybridized carbons (Fsp3) is 0. The van der Waals surface area contributed by atoms with Crippen LogP contribution < -0.4 is 20.7 Å². The summed E-state index contributed by atoms with van der Waals surface area (Å²) in [5, 5.41) is 10.5. The third-order valence-electron chi connectivity index (χ3n) is 11.4. The van der Waals surface area contributed by atoms with Crippen molar-refractivity contribution in [2.45, 2.75) is 0 Å². The highest BCUT2D eigenvalue weighted by Crippen LogP contribution is 2.35. The molecule has 3 heterocycles. The molecule has 0 fully saturated rings. The van der Waals surface area contributed by atoms with Gasteiger partial charge in [-0.25, -0.2) is 9.97 Å². The number of benzene rings is 8. The summed E-state index contributed by atoms with van der Waals surface area (Å²) >= 11 is 1.91. The minimum Gasteiger partial charge on any atom is -0.309 e. The molecule has 0 aliphatic heterocycles. The summed E-state index contributed by atoms with van der Waals surface area (Å²) in [6.07, 6.45) is 1.90. The molecule has 57 heavy (non-hydrogen) atoms. The van der Waals surface area contributed by atoms with E-state index in [2.05, 4.69) is 205 Å². The molecule has 0 N–H and O–H groups in total. The molecule has 0 unspecified atom stereocenters. The number of para-hydroxylation sites is 2. The van der Waals surface area contributed by atoms with Crippen molar-refractivity contribution in [2.24, 2.45) is 0 Å². The van der Waals surface area contributed by atoms with Gasteiger partial charge in [-0.1, -0.05) is 170 Å². The molecule has 0 spiro atoms. The highest BCUT2D eigenvalue weighted by Gasteiger charge is 2.43. The van der Waals surface area contributed by atoms with Gasteiger partial charge in [0, 0.05) is 54.0 Å². The summed E-state index contributed by atoms with van der Waals surface area (Å²) in [7, 11) is -2.89. The molecule has 0 amide bonds. The fourth-order valence-corrected chi connectivity index (χ4v) is 15.5. The molecule has 11 rings (SSSR count). The van der Waals surface area contributed by atoms with E-state index in [0.29, 0.717) is 5.82 Å². The van der Waals surface area contributed by atoms with E-state index in [0.717, 1.165) is 22.5 Å². The first-order valence-electron chi connectivity index (χ1n) is 19.3. The van der Waals surface area contributed by atoms with Crippen molar-refractivity contribution in [3.8, 4) is 28.3 Å². The summed E-state index contributed by atoms with van der Waals surface area (Å²) in [6.45, 7) is 0. The molecule has 268 valence electrons. The molecular formula is C52H35N3SSi. The monoisotopic (exact) mass is 761 g/mol. The van der Waals surface area contributed by atoms with E-state index < -0.39 is 8.07 Å². The Morgan fingerprint density at radius 3 is 1.75 bits per heavy atom. The van der Waals surface area contributed by atoms with Crippen molar-refractivity contribution in [1.82, 2.24) is 14.5 Å². The van der Waals surface area contributed by atoms with Gasteiger partial charge in [-0.3, -0.25) is 0 Å². The molecular weight excluding hydrogens is 727 g/mol. The van der Waals surface area contributed by atoms with Gasteiger partial charge in [0.1, 0.15) is 0 Å². The van der Waals surface area contributed by atoms with E-state index in [1.807, 2.05) is 23.6 Å². The number of thiophene rings is 1. The summed E-state index contributed by atoms with van der Waals surface area (Å²) in [5.41, 5.74) is 6.38. The van der Waals surface area contributed by atoms with Crippen molar-refractivity contribution in [2.75, 3.05) is 0 Å². The minimum atomic E-state index is -2.89. The van der Waals surface area contributed by atoms with Gasteiger partial charge in [-0.2, -0.15) is 0 Å². The molecule has 3 nitrogen and oxygen atoms in total. The van der Waals surface area contributed by atoms with Crippen LogP contribution in [0.25, 0.3) is 70.3 Å². The van der Waals surface area contributed by atoms with Crippen molar-refractivity contribution in [3.63, 3.8) is 0 Å². The Morgan fingerprint density at radius 2 is 1.02 bits per heavy atom. The number of hydrogen-bond acceptors (Lipinski definition) is 3. The van der Waals surface area contributed by atoms with Gasteiger partial charge in [-0.15, -0.1) is 11.3 Å². The quantitative estimate of drug-likeness (QED) is 0.120. The van der Waals surface area contributed by atoms with E-state index in [1.54, 1.807) is 0 Å². The van der Waals surface area contributed by atoms with Crippen LogP contribution in [0.1, 0.15) is 0 Å². The summed E-state index contributed by atoms with van der Waals surface area (Å²) < 4.78 is 5.01. The Morgan fingerprint density at radius 1 is 0.439 bits per heavy atom. The molecule has 8 aromatic carbocycles. The van der Waals surface area contributed by atoms with Crippen LogP contribution in [0.3, 0.4) is 0 Å². The maximum atomic E-state index is 5.28. The van der Waals surface area contributed by atoms with E-state index in [9.17, 15) is 0 Å². The third-order valence-corrected chi connectivity index (χ3v) is 17.6. The van der Waals surface area contributed by atoms with Crippen LogP contribution in [0.15, 0.2) is 212 Å². The zero-order chi connectivity index (χ0) is 37.8. The summed E-state index contributed by atoms with van der Waals surface area (Å²) in [6, 6.07) is 75.2. The SMILES string of the molecule is c1ccc([Si](c2ccccc2)(c2cccc(-c3ccnc(-c4cccc(-n5c6ccccc6c6ccccc65)c4)n3)c2)c2cccc3c2sc2ccccc23)cc1. The van der Waals surface area contributed by atoms with Crippen molar-refractivity contribution in [3.05, 3.63) is 212 Å². The van der Waals surface area contributed by atoms with Gasteiger partial charge in [0.25, 0.3) is 0 Å². The minimum absolute atomic E-state index is 0.699. The molecule has 0 aliphatic carbocycles. The maximum Gasteiger partial charge on any atom is 0.181 e. The average Bonchev–Trinajstić information content (AvgIpc) is 3.84. The van der Waals surface area contributed by atoms with Gasteiger partial charge < -0.3 is 4.57 Å². The van der Waals surface area contributed by atoms with Crippen LogP contribution in [0.4, 0.5) is 0 Å². The van der Waals surface area contributed by atoms with Gasteiger partial charge in [0.15, 0.2) is 13.9 Å². The van der Waals surface area contributed by atoms with Crippen LogP contribution in [-0.4, -0.2) is 22.6 Å². The lowest BCUT2D eigenvalue weighted by molar-refractivity contribution is 1.16. The van der Waals surface area contributed by atoms with E-state index in [4.69, 9.17) is 9.97 Å². The Labute approximate surface area is 335 Å². The van der Waals surface area contributed by atoms with E-state index >= 15 is 0 Å². The number of rotatable bonds is 7. The highest BCUT2D eigenvalue weighted by molar-refractivity contribution is 7.30. The molecule has 0 saturated heterocycles. The predicted molar refractivity (Wildman–Crippen MR) is 244 cm³/mol. The second-order valence-electron chi connectivity index (χ2n) is 14.5. The van der Waals surface area contributed by atoms with Crippen LogP contribution in [0.2, 0.25) is 0 Å². The largest absolute Gasteiger partial charge is 0.309 e. The standard InChI is InChI=1S/C52H35N3SSi/c1-3-19-39(20-4-1)57(40-21-5-2-6-22-40,50-31-15-27-45-44-26-9-12-30-49(44)56-51(45)50)41-23-14-16-36(35-41)46-32-33-53-52(54-46)37-17-13-18-38(34-37)55-47-28-10-7-24-42(47)43-25-8-11-29-48(43)55/h1-35H. The normalized spacial score (nSPS) is 11.9. The predicted octanol–water partition coefficient (Wildman–Crippen LogP) is 10.7. The second kappa shape index (κ2) is 13.7. The van der Waals surface area contributed by atoms with E-state index in [-0.39, 0.29) is 0 Å². The molecule has 0 saturated carbocycles. The van der Waals surface area contributed by atoms with Gasteiger partial charge >= 0.3 is 0 Å². The number of fused-ring (bicyclic) bond motifs is 6. The smallest absolute Gasteiger partial charge is 0.181 e. The first-order chi connectivity index (χ1) is 28.3. The van der Waals surface area contributed by atoms with Crippen LogP contribution >= 0.6 is 11.3 Å². The van der Waals surface area contributed by atoms with Crippen LogP contribution in [-0.2, 0) is 0 Å². The Kier molecular flexibility index (Phi) is 8.02. The van der Waals surface area contributed by atoms with Gasteiger partial charge in [-0.05, 0) is 57.1 Å². The maximum absolute atomic E-state index is 5.28. The second-order valence-corrected chi connectivity index (χ2v) is 19.4. The topological polar surface area (TPSA) is 30.7 Å². The highest BCUT2D eigenvalue weighted by atomic mass is 32.1. The fourth-order valence-electron chi connectivity index (χ4n) is 8.94. The van der Waals surface area contributed by atoms with Crippen molar-refractivity contribution in [1.29, 1.82) is 0 Å². The lowest BCUT2D eigenvalue weighted by Crippen LogP contribution is -2.74. The molecule has 5 heteroatoms. The number of aromatic nitrogens is 3. The molecule has 0 atom stereocenters. The third kappa shape index (κ3) is 5.39. The lowest BCUT2D eigenvalue weighted by atomic mass is 10.1. The van der Waals surface area contributed by atoms with Crippen LogP contribution in [0, 0.1) is 0 Å². The molecule has 0 aliphatic rings. The van der Waals surface area contributed by atoms with Crippen molar-refractivity contribution >= 4 is 82.1 Å². The lowest BCUT2D eigenvalue weighted by Gasteiger charge is -2.35.